The van der Waals surface area contributed by atoms with E-state index in [1.54, 1.807) is 24.3 Å². The van der Waals surface area contributed by atoms with Crippen LogP contribution in [0.2, 0.25) is 0 Å². The van der Waals surface area contributed by atoms with E-state index in [1.165, 1.54) is 0 Å². The summed E-state index contributed by atoms with van der Waals surface area (Å²) in [5.41, 5.74) is 0.759. The maximum Gasteiger partial charge on any atom is 0.407 e. The topological polar surface area (TPSA) is 119 Å². The Balaban J connectivity index is 2.41. The second kappa shape index (κ2) is 7.60. The van der Waals surface area contributed by atoms with Crippen LogP contribution in [-0.4, -0.2) is 44.5 Å². The van der Waals surface area contributed by atoms with Gasteiger partial charge in [0.2, 0.25) is 0 Å². The Kier molecular flexibility index (Phi) is 6.12. The molecule has 1 atom stereocenters. The van der Waals surface area contributed by atoms with Crippen LogP contribution in [0.15, 0.2) is 30.3 Å². The Morgan fingerprint density at radius 3 is 2.43 bits per heavy atom. The zero-order valence-corrected chi connectivity index (χ0v) is 12.0. The SMILES string of the molecule is CS(=O)(=O)O[C@H](CNC(=O)OCc1ccccc1)C(=O)O. The number of rotatable bonds is 7. The van der Waals surface area contributed by atoms with Crippen molar-refractivity contribution in [3.8, 4) is 0 Å². The summed E-state index contributed by atoms with van der Waals surface area (Å²) in [4.78, 5) is 22.2. The summed E-state index contributed by atoms with van der Waals surface area (Å²) in [6.45, 7) is -0.520. The zero-order valence-electron chi connectivity index (χ0n) is 11.2. The Hall–Kier alpha value is -2.13. The molecule has 0 saturated heterocycles. The van der Waals surface area contributed by atoms with Crippen molar-refractivity contribution in [1.82, 2.24) is 5.32 Å². The second-order valence-electron chi connectivity index (χ2n) is 4.07. The number of alkyl carbamates (subject to hydrolysis) is 1. The van der Waals surface area contributed by atoms with Crippen LogP contribution in [0.1, 0.15) is 5.56 Å². The predicted molar refractivity (Wildman–Crippen MR) is 72.0 cm³/mol. The van der Waals surface area contributed by atoms with Gasteiger partial charge in [0, 0.05) is 0 Å². The van der Waals surface area contributed by atoms with Crippen molar-refractivity contribution >= 4 is 22.2 Å². The molecular formula is C12H15NO7S. The molecule has 0 aromatic heterocycles. The highest BCUT2D eigenvalue weighted by atomic mass is 32.2. The van der Waals surface area contributed by atoms with Crippen LogP contribution in [0.3, 0.4) is 0 Å². The van der Waals surface area contributed by atoms with Crippen LogP contribution >= 0.6 is 0 Å². The summed E-state index contributed by atoms with van der Waals surface area (Å²) < 4.78 is 30.9. The number of carboxylic acids is 1. The molecule has 0 spiro atoms. The average molecular weight is 317 g/mol. The summed E-state index contributed by atoms with van der Waals surface area (Å²) >= 11 is 0. The molecule has 0 aliphatic rings. The lowest BCUT2D eigenvalue weighted by molar-refractivity contribution is -0.144. The minimum atomic E-state index is -3.94. The first kappa shape index (κ1) is 16.9. The van der Waals surface area contributed by atoms with Gasteiger partial charge in [-0.05, 0) is 5.56 Å². The maximum atomic E-state index is 11.4. The average Bonchev–Trinajstić information content (AvgIpc) is 2.41. The highest BCUT2D eigenvalue weighted by Crippen LogP contribution is 2.01. The molecule has 1 aromatic rings. The summed E-state index contributed by atoms with van der Waals surface area (Å²) in [5.74, 6) is -1.51. The van der Waals surface area contributed by atoms with Crippen molar-refractivity contribution in [2.75, 3.05) is 12.8 Å². The molecule has 1 aromatic carbocycles. The standard InChI is InChI=1S/C12H15NO7S/c1-21(17,18)20-10(11(14)15)7-13-12(16)19-8-9-5-3-2-4-6-9/h2-6,10H,7-8H2,1H3,(H,13,16)(H,14,15)/t10-/m1/s1. The van der Waals surface area contributed by atoms with Gasteiger partial charge in [-0.1, -0.05) is 30.3 Å². The molecule has 8 nitrogen and oxygen atoms in total. The molecule has 2 N–H and O–H groups in total. The van der Waals surface area contributed by atoms with Crippen molar-refractivity contribution in [1.29, 1.82) is 0 Å². The van der Waals surface area contributed by atoms with E-state index in [0.717, 1.165) is 11.8 Å². The molecule has 1 amide bonds. The van der Waals surface area contributed by atoms with Crippen molar-refractivity contribution in [3.63, 3.8) is 0 Å². The van der Waals surface area contributed by atoms with Crippen molar-refractivity contribution in [2.24, 2.45) is 0 Å². The fourth-order valence-corrected chi connectivity index (χ4v) is 1.90. The third-order valence-electron chi connectivity index (χ3n) is 2.21. The van der Waals surface area contributed by atoms with Gasteiger partial charge in [0.25, 0.3) is 10.1 Å². The molecular weight excluding hydrogens is 302 g/mol. The molecule has 0 heterocycles. The fraction of sp³-hybridized carbons (Fsp3) is 0.333. The lowest BCUT2D eigenvalue weighted by Crippen LogP contribution is -2.39. The van der Waals surface area contributed by atoms with Gasteiger partial charge in [-0.3, -0.25) is 4.18 Å². The van der Waals surface area contributed by atoms with E-state index in [-0.39, 0.29) is 6.61 Å². The number of hydrogen-bond acceptors (Lipinski definition) is 6. The summed E-state index contributed by atoms with van der Waals surface area (Å²) in [7, 11) is -3.94. The van der Waals surface area contributed by atoms with Crippen LogP contribution in [0, 0.1) is 0 Å². The largest absolute Gasteiger partial charge is 0.479 e. The maximum absolute atomic E-state index is 11.4. The number of aliphatic carboxylic acids is 1. The Bertz CT molecular complexity index is 585. The Labute approximate surface area is 121 Å². The van der Waals surface area contributed by atoms with E-state index in [0.29, 0.717) is 0 Å². The monoisotopic (exact) mass is 317 g/mol. The van der Waals surface area contributed by atoms with E-state index in [9.17, 15) is 18.0 Å². The number of ether oxygens (including phenoxy) is 1. The third-order valence-corrected chi connectivity index (χ3v) is 2.79. The predicted octanol–water partition coefficient (Wildman–Crippen LogP) is 0.342. The molecule has 0 aliphatic heterocycles. The van der Waals surface area contributed by atoms with Crippen LogP contribution in [-0.2, 0) is 30.4 Å². The lowest BCUT2D eigenvalue weighted by Gasteiger charge is -2.12. The fourth-order valence-electron chi connectivity index (χ4n) is 1.32. The minimum Gasteiger partial charge on any atom is -0.479 e. The molecule has 1 rings (SSSR count). The summed E-state index contributed by atoms with van der Waals surface area (Å²) in [6, 6.07) is 8.86. The highest BCUT2D eigenvalue weighted by molar-refractivity contribution is 7.86. The molecule has 116 valence electrons. The van der Waals surface area contributed by atoms with Gasteiger partial charge in [-0.2, -0.15) is 8.42 Å². The molecule has 0 unspecified atom stereocenters. The highest BCUT2D eigenvalue weighted by Gasteiger charge is 2.24. The van der Waals surface area contributed by atoms with Crippen LogP contribution in [0.25, 0.3) is 0 Å². The Morgan fingerprint density at radius 2 is 1.90 bits per heavy atom. The number of carbonyl (C=O) groups is 2. The van der Waals surface area contributed by atoms with E-state index in [1.807, 2.05) is 6.07 Å². The van der Waals surface area contributed by atoms with Gasteiger partial charge in [0.05, 0.1) is 12.8 Å². The molecule has 9 heteroatoms. The number of nitrogens with one attached hydrogen (secondary N) is 1. The zero-order chi connectivity index (χ0) is 15.9. The van der Waals surface area contributed by atoms with Crippen LogP contribution < -0.4 is 5.32 Å². The van der Waals surface area contributed by atoms with Gasteiger partial charge in [-0.15, -0.1) is 0 Å². The van der Waals surface area contributed by atoms with Crippen LogP contribution in [0.5, 0.6) is 0 Å². The number of hydrogen-bond donors (Lipinski definition) is 2. The van der Waals surface area contributed by atoms with Crippen molar-refractivity contribution in [2.45, 2.75) is 12.7 Å². The smallest absolute Gasteiger partial charge is 0.407 e. The number of amides is 1. The van der Waals surface area contributed by atoms with Gasteiger partial charge < -0.3 is 15.2 Å². The number of carboxylic acid groups (broad SMARTS) is 1. The molecule has 0 aliphatic carbocycles. The normalized spacial score (nSPS) is 12.4. The molecule has 0 fully saturated rings. The molecule has 0 saturated carbocycles. The van der Waals surface area contributed by atoms with Gasteiger partial charge in [-0.25, -0.2) is 9.59 Å². The van der Waals surface area contributed by atoms with Crippen molar-refractivity contribution in [3.05, 3.63) is 35.9 Å². The van der Waals surface area contributed by atoms with Crippen LogP contribution in [0.4, 0.5) is 4.79 Å². The first-order valence-electron chi connectivity index (χ1n) is 5.83. The minimum absolute atomic E-state index is 0.0113. The first-order chi connectivity index (χ1) is 9.78. The molecule has 21 heavy (non-hydrogen) atoms. The quantitative estimate of drug-likeness (QED) is 0.696. The Morgan fingerprint density at radius 1 is 1.29 bits per heavy atom. The van der Waals surface area contributed by atoms with E-state index in [4.69, 9.17) is 9.84 Å². The molecule has 0 radical (unpaired) electrons. The van der Waals surface area contributed by atoms with E-state index >= 15 is 0 Å². The van der Waals surface area contributed by atoms with E-state index < -0.39 is 34.8 Å². The number of benzene rings is 1. The van der Waals surface area contributed by atoms with Gasteiger partial charge in [0.15, 0.2) is 6.10 Å². The first-order valence-corrected chi connectivity index (χ1v) is 7.65. The summed E-state index contributed by atoms with van der Waals surface area (Å²) in [6.07, 6.45) is -1.86. The van der Waals surface area contributed by atoms with E-state index in [2.05, 4.69) is 9.50 Å². The lowest BCUT2D eigenvalue weighted by atomic mass is 10.2. The van der Waals surface area contributed by atoms with Gasteiger partial charge >= 0.3 is 12.1 Å². The van der Waals surface area contributed by atoms with Gasteiger partial charge in [0.1, 0.15) is 6.61 Å². The third kappa shape index (κ3) is 7.28. The summed E-state index contributed by atoms with van der Waals surface area (Å²) in [5, 5.41) is 10.9. The van der Waals surface area contributed by atoms with Crippen molar-refractivity contribution < 1.29 is 32.0 Å². The number of carbonyl (C=O) groups excluding carboxylic acids is 1. The molecule has 0 bridgehead atoms. The second-order valence-corrected chi connectivity index (χ2v) is 5.67.